The molecule has 0 spiro atoms. The average molecular weight is 193 g/mol. The predicted octanol–water partition coefficient (Wildman–Crippen LogP) is 2.80. The van der Waals surface area contributed by atoms with Crippen LogP contribution in [0.2, 0.25) is 0 Å². The van der Waals surface area contributed by atoms with Crippen LogP contribution in [-0.2, 0) is 5.41 Å². The summed E-state index contributed by atoms with van der Waals surface area (Å²) in [5.74, 6) is 0.395. The van der Waals surface area contributed by atoms with E-state index < -0.39 is 0 Å². The van der Waals surface area contributed by atoms with Gasteiger partial charge in [-0.25, -0.2) is 0 Å². The maximum absolute atomic E-state index is 11.2. The van der Waals surface area contributed by atoms with Gasteiger partial charge in [-0.2, -0.15) is 0 Å². The van der Waals surface area contributed by atoms with Crippen LogP contribution in [0.3, 0.4) is 0 Å². The van der Waals surface area contributed by atoms with Crippen LogP contribution in [0, 0.1) is 0 Å². The molecule has 0 aliphatic heterocycles. The molecule has 1 rings (SSSR count). The minimum Gasteiger partial charge on any atom is -0.329 e. The molecule has 1 aromatic rings. The molecule has 1 aromatic heterocycles. The highest BCUT2D eigenvalue weighted by molar-refractivity contribution is 5.31. The molecule has 0 fully saturated rings. The highest BCUT2D eigenvalue weighted by Gasteiger charge is 2.19. The second-order valence-corrected chi connectivity index (χ2v) is 5.07. The standard InChI is InChI=1S/C12H19NO/c1-8(2)9-6-11(14)13-7-10(9)12(3,4)5/h6-8H,1-5H3,(H,13,14). The fourth-order valence-electron chi connectivity index (χ4n) is 1.61. The zero-order valence-corrected chi connectivity index (χ0v) is 9.64. The highest BCUT2D eigenvalue weighted by Crippen LogP contribution is 2.28. The summed E-state index contributed by atoms with van der Waals surface area (Å²) in [6.07, 6.45) is 1.84. The Bertz CT molecular complexity index is 369. The van der Waals surface area contributed by atoms with E-state index in [1.165, 1.54) is 5.56 Å². The first-order valence-corrected chi connectivity index (χ1v) is 5.05. The van der Waals surface area contributed by atoms with E-state index in [-0.39, 0.29) is 11.0 Å². The van der Waals surface area contributed by atoms with Crippen LogP contribution < -0.4 is 5.56 Å². The normalized spacial score (nSPS) is 12.1. The van der Waals surface area contributed by atoms with E-state index in [1.54, 1.807) is 6.07 Å². The lowest BCUT2D eigenvalue weighted by atomic mass is 9.82. The number of aromatic amines is 1. The quantitative estimate of drug-likeness (QED) is 0.731. The van der Waals surface area contributed by atoms with Crippen LogP contribution >= 0.6 is 0 Å². The number of nitrogens with one attached hydrogen (secondary N) is 1. The van der Waals surface area contributed by atoms with Crippen molar-refractivity contribution < 1.29 is 0 Å². The van der Waals surface area contributed by atoms with Gasteiger partial charge in [0.25, 0.3) is 0 Å². The van der Waals surface area contributed by atoms with Crippen molar-refractivity contribution in [3.63, 3.8) is 0 Å². The lowest BCUT2D eigenvalue weighted by molar-refractivity contribution is 0.573. The molecule has 0 bridgehead atoms. The number of H-pyrrole nitrogens is 1. The molecule has 0 unspecified atom stereocenters. The topological polar surface area (TPSA) is 32.9 Å². The summed E-state index contributed by atoms with van der Waals surface area (Å²) < 4.78 is 0. The molecule has 78 valence electrons. The fourth-order valence-corrected chi connectivity index (χ4v) is 1.61. The van der Waals surface area contributed by atoms with Crippen LogP contribution in [0.1, 0.15) is 51.7 Å². The van der Waals surface area contributed by atoms with Gasteiger partial charge in [-0.15, -0.1) is 0 Å². The molecule has 0 saturated heterocycles. The molecule has 0 aromatic carbocycles. The molecule has 0 radical (unpaired) electrons. The number of pyridine rings is 1. The Morgan fingerprint density at radius 3 is 2.29 bits per heavy atom. The van der Waals surface area contributed by atoms with Crippen molar-refractivity contribution in [1.82, 2.24) is 4.98 Å². The summed E-state index contributed by atoms with van der Waals surface area (Å²) >= 11 is 0. The summed E-state index contributed by atoms with van der Waals surface area (Å²) in [4.78, 5) is 14.0. The third kappa shape index (κ3) is 2.25. The summed E-state index contributed by atoms with van der Waals surface area (Å²) in [5, 5.41) is 0. The van der Waals surface area contributed by atoms with Crippen LogP contribution in [0.15, 0.2) is 17.1 Å². The zero-order chi connectivity index (χ0) is 10.9. The molecular formula is C12H19NO. The molecule has 1 heterocycles. The van der Waals surface area contributed by atoms with E-state index in [1.807, 2.05) is 6.20 Å². The lowest BCUT2D eigenvalue weighted by Crippen LogP contribution is -2.19. The lowest BCUT2D eigenvalue weighted by Gasteiger charge is -2.23. The van der Waals surface area contributed by atoms with Crippen molar-refractivity contribution in [2.45, 2.75) is 46.0 Å². The Labute approximate surface area is 85.4 Å². The third-order valence-corrected chi connectivity index (χ3v) is 2.39. The van der Waals surface area contributed by atoms with Gasteiger partial charge in [0.05, 0.1) is 0 Å². The first kappa shape index (κ1) is 11.0. The largest absolute Gasteiger partial charge is 0.329 e. The van der Waals surface area contributed by atoms with Gasteiger partial charge in [0.15, 0.2) is 0 Å². The van der Waals surface area contributed by atoms with E-state index in [2.05, 4.69) is 39.6 Å². The molecule has 0 aliphatic rings. The van der Waals surface area contributed by atoms with Crippen molar-refractivity contribution >= 4 is 0 Å². The van der Waals surface area contributed by atoms with Gasteiger partial charge in [-0.1, -0.05) is 34.6 Å². The van der Waals surface area contributed by atoms with Crippen LogP contribution in [0.4, 0.5) is 0 Å². The van der Waals surface area contributed by atoms with Crippen molar-refractivity contribution in [2.24, 2.45) is 0 Å². The Kier molecular flexibility index (Phi) is 2.84. The summed E-state index contributed by atoms with van der Waals surface area (Å²) in [5.41, 5.74) is 2.46. The molecule has 2 nitrogen and oxygen atoms in total. The van der Waals surface area contributed by atoms with E-state index in [9.17, 15) is 4.79 Å². The molecule has 0 amide bonds. The van der Waals surface area contributed by atoms with Gasteiger partial charge in [-0.05, 0) is 22.5 Å². The first-order valence-electron chi connectivity index (χ1n) is 5.05. The molecule has 14 heavy (non-hydrogen) atoms. The van der Waals surface area contributed by atoms with Gasteiger partial charge in [-0.3, -0.25) is 4.79 Å². The Morgan fingerprint density at radius 2 is 1.86 bits per heavy atom. The Hall–Kier alpha value is -1.05. The van der Waals surface area contributed by atoms with Gasteiger partial charge in [0, 0.05) is 12.3 Å². The number of hydrogen-bond donors (Lipinski definition) is 1. The third-order valence-electron chi connectivity index (χ3n) is 2.39. The number of rotatable bonds is 1. The smallest absolute Gasteiger partial charge is 0.248 e. The van der Waals surface area contributed by atoms with Gasteiger partial charge in [0.1, 0.15) is 0 Å². The van der Waals surface area contributed by atoms with Crippen LogP contribution in [0.5, 0.6) is 0 Å². The second-order valence-electron chi connectivity index (χ2n) is 5.07. The predicted molar refractivity (Wildman–Crippen MR) is 59.9 cm³/mol. The summed E-state index contributed by atoms with van der Waals surface area (Å²) in [6.45, 7) is 10.7. The maximum Gasteiger partial charge on any atom is 0.248 e. The molecule has 1 N–H and O–H groups in total. The van der Waals surface area contributed by atoms with Crippen molar-refractivity contribution in [1.29, 1.82) is 0 Å². The van der Waals surface area contributed by atoms with Gasteiger partial charge >= 0.3 is 0 Å². The second kappa shape index (κ2) is 3.60. The van der Waals surface area contributed by atoms with Crippen molar-refractivity contribution in [3.05, 3.63) is 33.7 Å². The van der Waals surface area contributed by atoms with E-state index in [4.69, 9.17) is 0 Å². The average Bonchev–Trinajstić information content (AvgIpc) is 2.01. The van der Waals surface area contributed by atoms with E-state index in [0.717, 1.165) is 5.56 Å². The zero-order valence-electron chi connectivity index (χ0n) is 9.64. The summed E-state index contributed by atoms with van der Waals surface area (Å²) in [7, 11) is 0. The fraction of sp³-hybridized carbons (Fsp3) is 0.583. The highest BCUT2D eigenvalue weighted by atomic mass is 16.1. The van der Waals surface area contributed by atoms with Crippen molar-refractivity contribution in [3.8, 4) is 0 Å². The van der Waals surface area contributed by atoms with Gasteiger partial charge in [0.2, 0.25) is 5.56 Å². The molecule has 2 heteroatoms. The molecule has 0 atom stereocenters. The van der Waals surface area contributed by atoms with E-state index in [0.29, 0.717) is 5.92 Å². The van der Waals surface area contributed by atoms with Crippen LogP contribution in [0.25, 0.3) is 0 Å². The maximum atomic E-state index is 11.2. The monoisotopic (exact) mass is 193 g/mol. The molecule has 0 saturated carbocycles. The SMILES string of the molecule is CC(C)c1cc(=O)[nH]cc1C(C)(C)C. The van der Waals surface area contributed by atoms with Crippen LogP contribution in [-0.4, -0.2) is 4.98 Å². The number of aromatic nitrogens is 1. The minimum absolute atomic E-state index is 0.0123. The Morgan fingerprint density at radius 1 is 1.29 bits per heavy atom. The van der Waals surface area contributed by atoms with Crippen molar-refractivity contribution in [2.75, 3.05) is 0 Å². The van der Waals surface area contributed by atoms with Gasteiger partial charge < -0.3 is 4.98 Å². The molecular weight excluding hydrogens is 174 g/mol. The minimum atomic E-state index is -0.0123. The summed E-state index contributed by atoms with van der Waals surface area (Å²) in [6, 6.07) is 1.71. The Balaban J connectivity index is 3.37. The number of hydrogen-bond acceptors (Lipinski definition) is 1. The van der Waals surface area contributed by atoms with E-state index >= 15 is 0 Å². The first-order chi connectivity index (χ1) is 6.32. The molecule has 0 aliphatic carbocycles.